The molecule has 0 spiro atoms. The normalized spacial score (nSPS) is 10.4. The second-order valence-corrected chi connectivity index (χ2v) is 7.13. The van der Waals surface area contributed by atoms with Gasteiger partial charge in [0.15, 0.2) is 0 Å². The van der Waals surface area contributed by atoms with Gasteiger partial charge in [-0.25, -0.2) is 9.99 Å². The minimum atomic E-state index is -0.501. The van der Waals surface area contributed by atoms with E-state index in [-0.39, 0.29) is 5.69 Å². The van der Waals surface area contributed by atoms with Gasteiger partial charge in [0.1, 0.15) is 0 Å². The van der Waals surface area contributed by atoms with E-state index < -0.39 is 10.8 Å². The largest absolute Gasteiger partial charge is 0.270 e. The minimum absolute atomic E-state index is 0.0705. The lowest BCUT2D eigenvalue weighted by Gasteiger charge is -2.22. The van der Waals surface area contributed by atoms with Crippen LogP contribution in [0.25, 0.3) is 11.3 Å². The van der Waals surface area contributed by atoms with Crippen LogP contribution in [-0.4, -0.2) is 15.8 Å². The Bertz CT molecular complexity index is 1160. The summed E-state index contributed by atoms with van der Waals surface area (Å²) in [6, 6.07) is 24.6. The number of carbonyl (C=O) groups is 1. The molecule has 3 aromatic carbocycles. The molecule has 1 aromatic heterocycles. The lowest BCUT2D eigenvalue weighted by Crippen LogP contribution is -2.38. The van der Waals surface area contributed by atoms with Crippen LogP contribution in [0.4, 0.5) is 16.5 Å². The summed E-state index contributed by atoms with van der Waals surface area (Å²) in [6.07, 6.45) is 0. The summed E-state index contributed by atoms with van der Waals surface area (Å²) >= 11 is 1.40. The predicted octanol–water partition coefficient (Wildman–Crippen LogP) is 5.20. The lowest BCUT2D eigenvalue weighted by molar-refractivity contribution is -0.384. The quantitative estimate of drug-likeness (QED) is 0.345. The van der Waals surface area contributed by atoms with Crippen LogP contribution in [0.5, 0.6) is 0 Å². The van der Waals surface area contributed by atoms with Crippen LogP contribution in [0, 0.1) is 10.1 Å². The third-order valence-electron chi connectivity index (χ3n) is 4.32. The Morgan fingerprint density at radius 3 is 2.20 bits per heavy atom. The summed E-state index contributed by atoms with van der Waals surface area (Å²) in [4.78, 5) is 27.8. The zero-order valence-electron chi connectivity index (χ0n) is 15.6. The van der Waals surface area contributed by atoms with Crippen LogP contribution in [0.1, 0.15) is 10.4 Å². The standard InChI is InChI=1S/C22H16N4O3S/c27-21(17-11-13-19(14-12-17)26(28)29)24-25(18-9-5-2-6-10-18)22-23-20(15-30-22)16-7-3-1-4-8-16/h1-15H,(H,24,27). The molecular formula is C22H16N4O3S. The first-order chi connectivity index (χ1) is 14.6. The van der Waals surface area contributed by atoms with Gasteiger partial charge in [0.25, 0.3) is 11.6 Å². The van der Waals surface area contributed by atoms with Crippen LogP contribution < -0.4 is 10.4 Å². The van der Waals surface area contributed by atoms with Crippen LogP contribution in [-0.2, 0) is 0 Å². The second kappa shape index (κ2) is 8.54. The maximum Gasteiger partial charge on any atom is 0.270 e. The van der Waals surface area contributed by atoms with Gasteiger partial charge in [-0.15, -0.1) is 11.3 Å². The number of benzene rings is 3. The Labute approximate surface area is 176 Å². The molecule has 1 N–H and O–H groups in total. The molecule has 1 heterocycles. The summed E-state index contributed by atoms with van der Waals surface area (Å²) < 4.78 is 0. The number of hydrogen-bond donors (Lipinski definition) is 1. The first-order valence-corrected chi connectivity index (χ1v) is 9.91. The van der Waals surface area contributed by atoms with E-state index in [0.717, 1.165) is 16.9 Å². The van der Waals surface area contributed by atoms with Crippen molar-refractivity contribution >= 4 is 33.8 Å². The van der Waals surface area contributed by atoms with Gasteiger partial charge in [-0.3, -0.25) is 20.3 Å². The lowest BCUT2D eigenvalue weighted by atomic mass is 10.2. The number of hydrazine groups is 1. The number of nitrogens with zero attached hydrogens (tertiary/aromatic N) is 3. The van der Waals surface area contributed by atoms with Crippen molar-refractivity contribution < 1.29 is 9.72 Å². The third kappa shape index (κ3) is 4.18. The molecule has 0 aliphatic heterocycles. The SMILES string of the molecule is O=C(NN(c1ccccc1)c1nc(-c2ccccc2)cs1)c1ccc([N+](=O)[O-])cc1. The molecule has 148 valence electrons. The zero-order valence-corrected chi connectivity index (χ0v) is 16.5. The van der Waals surface area contributed by atoms with Gasteiger partial charge >= 0.3 is 0 Å². The summed E-state index contributed by atoms with van der Waals surface area (Å²) in [5, 5.41) is 15.0. The van der Waals surface area contributed by atoms with Crippen molar-refractivity contribution in [1.82, 2.24) is 10.4 Å². The van der Waals surface area contributed by atoms with Gasteiger partial charge in [0.05, 0.1) is 16.3 Å². The number of amides is 1. The summed E-state index contributed by atoms with van der Waals surface area (Å²) in [5.41, 5.74) is 5.61. The number of nitro benzene ring substituents is 1. The molecule has 0 bridgehead atoms. The average Bonchev–Trinajstić information content (AvgIpc) is 3.28. The average molecular weight is 416 g/mol. The third-order valence-corrected chi connectivity index (χ3v) is 5.15. The smallest absolute Gasteiger partial charge is 0.267 e. The monoisotopic (exact) mass is 416 g/mol. The molecule has 4 aromatic rings. The van der Waals surface area contributed by atoms with Crippen LogP contribution in [0.15, 0.2) is 90.3 Å². The number of non-ortho nitro benzene ring substituents is 1. The molecule has 0 aliphatic rings. The van der Waals surface area contributed by atoms with E-state index in [2.05, 4.69) is 10.4 Å². The number of rotatable bonds is 6. The molecule has 0 atom stereocenters. The van der Waals surface area contributed by atoms with Crippen LogP contribution in [0.3, 0.4) is 0 Å². The number of nitrogens with one attached hydrogen (secondary N) is 1. The highest BCUT2D eigenvalue weighted by Gasteiger charge is 2.18. The molecule has 7 nitrogen and oxygen atoms in total. The molecule has 8 heteroatoms. The van der Waals surface area contributed by atoms with E-state index in [1.807, 2.05) is 66.0 Å². The minimum Gasteiger partial charge on any atom is -0.267 e. The molecule has 0 saturated carbocycles. The predicted molar refractivity (Wildman–Crippen MR) is 117 cm³/mol. The Balaban J connectivity index is 1.63. The van der Waals surface area contributed by atoms with Crippen molar-refractivity contribution in [3.63, 3.8) is 0 Å². The van der Waals surface area contributed by atoms with E-state index in [1.165, 1.54) is 35.6 Å². The van der Waals surface area contributed by atoms with Crippen LogP contribution in [0.2, 0.25) is 0 Å². The Hall–Kier alpha value is -4.04. The maximum atomic E-state index is 12.8. The van der Waals surface area contributed by atoms with Crippen molar-refractivity contribution in [2.45, 2.75) is 0 Å². The molecule has 4 rings (SSSR count). The van der Waals surface area contributed by atoms with E-state index >= 15 is 0 Å². The highest BCUT2D eigenvalue weighted by Crippen LogP contribution is 2.31. The summed E-state index contributed by atoms with van der Waals surface area (Å²) in [6.45, 7) is 0. The van der Waals surface area contributed by atoms with Crippen molar-refractivity contribution in [2.24, 2.45) is 0 Å². The van der Waals surface area contributed by atoms with Gasteiger partial charge in [0.2, 0.25) is 5.13 Å². The fourth-order valence-electron chi connectivity index (χ4n) is 2.81. The highest BCUT2D eigenvalue weighted by atomic mass is 32.1. The van der Waals surface area contributed by atoms with Crippen molar-refractivity contribution in [2.75, 3.05) is 5.01 Å². The Morgan fingerprint density at radius 2 is 1.57 bits per heavy atom. The molecule has 0 saturated heterocycles. The van der Waals surface area contributed by atoms with E-state index in [4.69, 9.17) is 0 Å². The number of nitro groups is 1. The summed E-state index contributed by atoms with van der Waals surface area (Å²) in [7, 11) is 0. The fourth-order valence-corrected chi connectivity index (χ4v) is 3.62. The number of hydrogen-bond acceptors (Lipinski definition) is 6. The molecule has 1 amide bonds. The highest BCUT2D eigenvalue weighted by molar-refractivity contribution is 7.14. The summed E-state index contributed by atoms with van der Waals surface area (Å²) in [5.74, 6) is -0.398. The first-order valence-electron chi connectivity index (χ1n) is 9.03. The Kier molecular flexibility index (Phi) is 5.49. The molecular weight excluding hydrogens is 400 g/mol. The fraction of sp³-hybridized carbons (Fsp3) is 0. The van der Waals surface area contributed by atoms with Gasteiger partial charge in [-0.05, 0) is 24.3 Å². The van der Waals surface area contributed by atoms with E-state index in [9.17, 15) is 14.9 Å². The number of para-hydroxylation sites is 1. The maximum absolute atomic E-state index is 12.8. The van der Waals surface area contributed by atoms with E-state index in [1.54, 1.807) is 5.01 Å². The number of anilines is 2. The van der Waals surface area contributed by atoms with Gasteiger partial charge < -0.3 is 0 Å². The van der Waals surface area contributed by atoms with Gasteiger partial charge in [-0.2, -0.15) is 0 Å². The number of aromatic nitrogens is 1. The van der Waals surface area contributed by atoms with E-state index in [0.29, 0.717) is 10.7 Å². The molecule has 0 fully saturated rings. The first kappa shape index (κ1) is 19.3. The molecule has 0 unspecified atom stereocenters. The molecule has 0 radical (unpaired) electrons. The molecule has 0 aliphatic carbocycles. The number of thiazole rings is 1. The van der Waals surface area contributed by atoms with Crippen molar-refractivity contribution in [3.05, 3.63) is 106 Å². The van der Waals surface area contributed by atoms with Crippen LogP contribution >= 0.6 is 11.3 Å². The van der Waals surface area contributed by atoms with Gasteiger partial charge in [-0.1, -0.05) is 48.5 Å². The van der Waals surface area contributed by atoms with Crippen molar-refractivity contribution in [1.29, 1.82) is 0 Å². The number of carbonyl (C=O) groups excluding carboxylic acids is 1. The topological polar surface area (TPSA) is 88.4 Å². The van der Waals surface area contributed by atoms with Gasteiger partial charge in [0, 0.05) is 28.6 Å². The molecule has 30 heavy (non-hydrogen) atoms. The van der Waals surface area contributed by atoms with Crippen molar-refractivity contribution in [3.8, 4) is 11.3 Å². The second-order valence-electron chi connectivity index (χ2n) is 6.30. The Morgan fingerprint density at radius 1 is 0.933 bits per heavy atom. The zero-order chi connectivity index (χ0) is 20.9.